The smallest absolute Gasteiger partial charge is 0.228 e. The lowest BCUT2D eigenvalue weighted by atomic mass is 10.1. The molecule has 0 radical (unpaired) electrons. The predicted molar refractivity (Wildman–Crippen MR) is 155 cm³/mol. The first-order chi connectivity index (χ1) is 20.1. The van der Waals surface area contributed by atoms with Crippen molar-refractivity contribution in [3.63, 3.8) is 0 Å². The fourth-order valence-electron chi connectivity index (χ4n) is 5.37. The maximum atomic E-state index is 16.2. The summed E-state index contributed by atoms with van der Waals surface area (Å²) in [5, 5.41) is 10.2. The van der Waals surface area contributed by atoms with Gasteiger partial charge in [0.05, 0.1) is 29.4 Å². The molecule has 10 nitrogen and oxygen atoms in total. The van der Waals surface area contributed by atoms with E-state index in [0.29, 0.717) is 34.1 Å². The number of halogens is 1. The highest BCUT2D eigenvalue weighted by atomic mass is 19.1. The van der Waals surface area contributed by atoms with E-state index in [1.54, 1.807) is 12.3 Å². The Bertz CT molecular complexity index is 1880. The summed E-state index contributed by atoms with van der Waals surface area (Å²) in [6, 6.07) is 13.1. The Morgan fingerprint density at radius 1 is 1.00 bits per heavy atom. The van der Waals surface area contributed by atoms with Crippen molar-refractivity contribution < 1.29 is 9.18 Å². The fraction of sp³-hybridized carbons (Fsp3) is 0.200. The highest BCUT2D eigenvalue weighted by molar-refractivity contribution is 5.96. The molecule has 0 bridgehead atoms. The largest absolute Gasteiger partial charge is 0.370 e. The van der Waals surface area contributed by atoms with Gasteiger partial charge in [0.15, 0.2) is 17.1 Å². The van der Waals surface area contributed by atoms with E-state index in [2.05, 4.69) is 40.3 Å². The van der Waals surface area contributed by atoms with Crippen LogP contribution < -0.4 is 10.2 Å². The fourth-order valence-corrected chi connectivity index (χ4v) is 5.37. The summed E-state index contributed by atoms with van der Waals surface area (Å²) in [5.41, 5.74) is 5.03. The quantitative estimate of drug-likeness (QED) is 0.259. The van der Waals surface area contributed by atoms with Gasteiger partial charge in [0.1, 0.15) is 17.0 Å². The predicted octanol–water partition coefficient (Wildman–Crippen LogP) is 5.27. The van der Waals surface area contributed by atoms with Crippen LogP contribution >= 0.6 is 0 Å². The molecule has 1 aromatic carbocycles. The van der Waals surface area contributed by atoms with Crippen molar-refractivity contribution >= 4 is 39.5 Å². The molecule has 6 heterocycles. The summed E-state index contributed by atoms with van der Waals surface area (Å²) >= 11 is 0. The molecule has 1 aliphatic heterocycles. The highest BCUT2D eigenvalue weighted by Crippen LogP contribution is 2.34. The molecular weight excluding hydrogens is 521 g/mol. The Morgan fingerprint density at radius 3 is 2.71 bits per heavy atom. The number of carbonyl (C=O) groups is 1. The summed E-state index contributed by atoms with van der Waals surface area (Å²) in [5.74, 6) is -0.303. The van der Waals surface area contributed by atoms with Crippen LogP contribution in [-0.4, -0.2) is 54.1 Å². The molecule has 0 spiro atoms. The van der Waals surface area contributed by atoms with Crippen molar-refractivity contribution in [3.05, 3.63) is 78.6 Å². The van der Waals surface area contributed by atoms with E-state index in [-0.39, 0.29) is 23.3 Å². The number of benzene rings is 1. The van der Waals surface area contributed by atoms with Crippen molar-refractivity contribution in [2.75, 3.05) is 23.3 Å². The summed E-state index contributed by atoms with van der Waals surface area (Å²) < 4.78 is 16.2. The number of H-pyrrole nitrogens is 2. The second kappa shape index (κ2) is 10.4. The molecule has 6 aromatic rings. The van der Waals surface area contributed by atoms with E-state index in [1.807, 2.05) is 36.4 Å². The van der Waals surface area contributed by atoms with Gasteiger partial charge in [-0.3, -0.25) is 14.9 Å². The van der Waals surface area contributed by atoms with Crippen LogP contribution in [0.1, 0.15) is 24.8 Å². The molecule has 11 heteroatoms. The molecule has 5 aromatic heterocycles. The van der Waals surface area contributed by atoms with Gasteiger partial charge in [-0.15, -0.1) is 0 Å². The molecule has 0 atom stereocenters. The van der Waals surface area contributed by atoms with Crippen LogP contribution in [0.5, 0.6) is 0 Å². The minimum Gasteiger partial charge on any atom is -0.370 e. The number of nitrogens with one attached hydrogen (secondary N) is 3. The molecule has 0 unspecified atom stereocenters. The molecule has 1 fully saturated rings. The Labute approximate surface area is 234 Å². The minimum atomic E-state index is -0.516. The molecule has 41 heavy (non-hydrogen) atoms. The number of carbonyl (C=O) groups excluding carboxylic acids is 1. The number of aromatic amines is 2. The van der Waals surface area contributed by atoms with Crippen LogP contribution in [0.15, 0.2) is 67.3 Å². The number of anilines is 2. The van der Waals surface area contributed by atoms with Crippen molar-refractivity contribution in [1.82, 2.24) is 35.1 Å². The summed E-state index contributed by atoms with van der Waals surface area (Å²) in [4.78, 5) is 36.0. The number of aromatic nitrogens is 7. The molecule has 0 aliphatic carbocycles. The minimum absolute atomic E-state index is 0.191. The Morgan fingerprint density at radius 2 is 1.85 bits per heavy atom. The molecule has 7 rings (SSSR count). The van der Waals surface area contributed by atoms with Crippen molar-refractivity contribution in [1.29, 1.82) is 0 Å². The van der Waals surface area contributed by atoms with E-state index < -0.39 is 5.82 Å². The third-order valence-corrected chi connectivity index (χ3v) is 7.35. The maximum Gasteiger partial charge on any atom is 0.228 e. The first-order valence-corrected chi connectivity index (χ1v) is 13.6. The average Bonchev–Trinajstić information content (AvgIpc) is 3.63. The molecule has 3 N–H and O–H groups in total. The number of amides is 1. The van der Waals surface area contributed by atoms with Crippen LogP contribution in [0, 0.1) is 5.82 Å². The summed E-state index contributed by atoms with van der Waals surface area (Å²) in [7, 11) is 0. The highest BCUT2D eigenvalue weighted by Gasteiger charge is 2.23. The third kappa shape index (κ3) is 4.75. The lowest BCUT2D eigenvalue weighted by Gasteiger charge is -2.28. The summed E-state index contributed by atoms with van der Waals surface area (Å²) in [6.07, 6.45) is 9.97. The zero-order chi connectivity index (χ0) is 27.8. The van der Waals surface area contributed by atoms with Crippen molar-refractivity contribution in [2.24, 2.45) is 0 Å². The number of imidazole rings is 1. The van der Waals surface area contributed by atoms with E-state index in [4.69, 9.17) is 4.98 Å². The number of pyridine rings is 3. The zero-order valence-corrected chi connectivity index (χ0v) is 22.1. The Balaban J connectivity index is 1.22. The number of hydrogen-bond acceptors (Lipinski definition) is 7. The van der Waals surface area contributed by atoms with Gasteiger partial charge in [0.25, 0.3) is 0 Å². The second-order valence-electron chi connectivity index (χ2n) is 10.1. The second-order valence-corrected chi connectivity index (χ2v) is 10.1. The number of nitrogens with zero attached hydrogens (tertiary/aromatic N) is 6. The first-order valence-electron chi connectivity index (χ1n) is 13.6. The maximum absolute atomic E-state index is 16.2. The van der Waals surface area contributed by atoms with E-state index >= 15 is 4.39 Å². The average molecular weight is 548 g/mol. The molecule has 1 saturated heterocycles. The number of fused-ring (bicyclic) bond motifs is 2. The Hall–Kier alpha value is -5.19. The normalized spacial score (nSPS) is 13.6. The van der Waals surface area contributed by atoms with Gasteiger partial charge >= 0.3 is 0 Å². The number of rotatable bonds is 6. The van der Waals surface area contributed by atoms with E-state index in [1.165, 1.54) is 25.0 Å². The van der Waals surface area contributed by atoms with E-state index in [9.17, 15) is 4.79 Å². The first kappa shape index (κ1) is 24.8. The molecule has 0 saturated carbocycles. The van der Waals surface area contributed by atoms with Crippen molar-refractivity contribution in [3.8, 4) is 22.6 Å². The van der Waals surface area contributed by atoms with Crippen LogP contribution in [0.2, 0.25) is 0 Å². The topological polar surface area (TPSA) is 128 Å². The van der Waals surface area contributed by atoms with E-state index in [0.717, 1.165) is 42.7 Å². The van der Waals surface area contributed by atoms with Gasteiger partial charge in [-0.1, -0.05) is 30.3 Å². The van der Waals surface area contributed by atoms with Gasteiger partial charge in [0, 0.05) is 42.8 Å². The van der Waals surface area contributed by atoms with Gasteiger partial charge in [-0.2, -0.15) is 5.10 Å². The Kier molecular flexibility index (Phi) is 6.31. The standard InChI is InChI=1S/C30H26FN9O/c31-25-21(19-14-20(16-32-15-19)35-23(41)13-18-7-3-1-4-8-18)17-34-28-24(25)27(38-39-28)30-36-26-22(9-10-33-29(26)37-30)40-11-5-2-6-12-40/h1,3-4,7-10,14-17H,2,5-6,11-13H2,(H,35,41)(H,33,36,37)(H,34,38,39). The lowest BCUT2D eigenvalue weighted by molar-refractivity contribution is -0.115. The van der Waals surface area contributed by atoms with Gasteiger partial charge < -0.3 is 15.2 Å². The number of hydrogen-bond donors (Lipinski definition) is 3. The third-order valence-electron chi connectivity index (χ3n) is 7.35. The van der Waals surface area contributed by atoms with Crippen LogP contribution in [-0.2, 0) is 11.2 Å². The molecule has 1 amide bonds. The zero-order valence-electron chi connectivity index (χ0n) is 22.1. The van der Waals surface area contributed by atoms with Gasteiger partial charge in [0.2, 0.25) is 5.91 Å². The lowest BCUT2D eigenvalue weighted by Crippen LogP contribution is -2.29. The van der Waals surface area contributed by atoms with Crippen LogP contribution in [0.25, 0.3) is 44.8 Å². The number of piperidine rings is 1. The van der Waals surface area contributed by atoms with Gasteiger partial charge in [-0.25, -0.2) is 19.3 Å². The molecule has 204 valence electrons. The summed E-state index contributed by atoms with van der Waals surface area (Å²) in [6.45, 7) is 1.93. The van der Waals surface area contributed by atoms with Gasteiger partial charge in [-0.05, 0) is 37.0 Å². The monoisotopic (exact) mass is 547 g/mol. The van der Waals surface area contributed by atoms with Crippen molar-refractivity contribution in [2.45, 2.75) is 25.7 Å². The SMILES string of the molecule is O=C(Cc1ccccc1)Nc1cncc(-c2cnc3[nH]nc(-c4nc5c(N6CCCCC6)ccnc5[nH]4)c3c2F)c1. The van der Waals surface area contributed by atoms with Crippen LogP contribution in [0.4, 0.5) is 15.8 Å². The molecule has 1 aliphatic rings. The molecular formula is C30H26FN9O. The van der Waals surface area contributed by atoms with Crippen LogP contribution in [0.3, 0.4) is 0 Å².